The quantitative estimate of drug-likeness (QED) is 0.508. The lowest BCUT2D eigenvalue weighted by Gasteiger charge is -2.37. The van der Waals surface area contributed by atoms with Gasteiger partial charge in [0.2, 0.25) is 21.9 Å². The standard InChI is InChI=1S/C22H27N5O4S/c1-30-16-15-27(32(28,29)19-7-3-5-17-6-4-11-23-21(17)19)18-9-13-26(14-10-18)22-24-12-8-20(25-22)31-2/h3-8,11-12,18H,9-10,13-16H2,1-2H3. The number of fused-ring (bicyclic) bond motifs is 1. The highest BCUT2D eigenvalue weighted by atomic mass is 32.2. The van der Waals surface area contributed by atoms with Gasteiger partial charge in [-0.15, -0.1) is 0 Å². The number of piperidine rings is 1. The Balaban J connectivity index is 1.58. The normalized spacial score (nSPS) is 15.4. The van der Waals surface area contributed by atoms with Crippen molar-refractivity contribution in [3.63, 3.8) is 0 Å². The number of sulfonamides is 1. The van der Waals surface area contributed by atoms with Gasteiger partial charge in [0.05, 0.1) is 19.2 Å². The topological polar surface area (TPSA) is 97.7 Å². The van der Waals surface area contributed by atoms with Crippen LogP contribution < -0.4 is 9.64 Å². The van der Waals surface area contributed by atoms with Crippen LogP contribution in [-0.4, -0.2) is 74.2 Å². The van der Waals surface area contributed by atoms with Crippen molar-refractivity contribution in [2.24, 2.45) is 0 Å². The van der Waals surface area contributed by atoms with E-state index in [1.807, 2.05) is 12.1 Å². The lowest BCUT2D eigenvalue weighted by molar-refractivity contribution is 0.159. The highest BCUT2D eigenvalue weighted by molar-refractivity contribution is 7.89. The van der Waals surface area contributed by atoms with Gasteiger partial charge in [0.1, 0.15) is 4.90 Å². The number of rotatable bonds is 8. The number of nitrogens with zero attached hydrogens (tertiary/aromatic N) is 5. The molecule has 1 saturated heterocycles. The summed E-state index contributed by atoms with van der Waals surface area (Å²) in [6.45, 7) is 1.88. The van der Waals surface area contributed by atoms with Gasteiger partial charge in [-0.1, -0.05) is 18.2 Å². The Labute approximate surface area is 188 Å². The lowest BCUT2D eigenvalue weighted by atomic mass is 10.1. The smallest absolute Gasteiger partial charge is 0.245 e. The third kappa shape index (κ3) is 4.52. The van der Waals surface area contributed by atoms with E-state index in [9.17, 15) is 8.42 Å². The maximum absolute atomic E-state index is 13.8. The second-order valence-corrected chi connectivity index (χ2v) is 9.42. The van der Waals surface area contributed by atoms with Crippen LogP contribution in [0, 0.1) is 0 Å². The van der Waals surface area contributed by atoms with Gasteiger partial charge in [-0.2, -0.15) is 9.29 Å². The molecular weight excluding hydrogens is 430 g/mol. The molecule has 1 aliphatic rings. The first-order valence-corrected chi connectivity index (χ1v) is 11.9. The molecule has 0 radical (unpaired) electrons. The molecule has 0 bridgehead atoms. The van der Waals surface area contributed by atoms with Gasteiger partial charge in [0, 0.05) is 56.6 Å². The minimum atomic E-state index is -3.77. The minimum Gasteiger partial charge on any atom is -0.481 e. The molecule has 0 N–H and O–H groups in total. The molecule has 0 amide bonds. The molecule has 0 spiro atoms. The molecule has 0 atom stereocenters. The Morgan fingerprint density at radius 2 is 1.84 bits per heavy atom. The van der Waals surface area contributed by atoms with Crippen molar-refractivity contribution in [3.05, 3.63) is 48.8 Å². The van der Waals surface area contributed by atoms with E-state index in [0.29, 0.717) is 49.9 Å². The molecule has 2 aromatic heterocycles. The third-order valence-electron chi connectivity index (χ3n) is 5.68. The van der Waals surface area contributed by atoms with Gasteiger partial charge in [0.15, 0.2) is 0 Å². The van der Waals surface area contributed by atoms with Crippen molar-refractivity contribution in [2.45, 2.75) is 23.8 Å². The number of methoxy groups -OCH3 is 2. The third-order valence-corrected chi connectivity index (χ3v) is 7.66. The maximum atomic E-state index is 13.8. The van der Waals surface area contributed by atoms with E-state index in [0.717, 1.165) is 5.39 Å². The molecule has 3 heterocycles. The summed E-state index contributed by atoms with van der Waals surface area (Å²) < 4.78 is 39.5. The van der Waals surface area contributed by atoms with Gasteiger partial charge >= 0.3 is 0 Å². The zero-order valence-corrected chi connectivity index (χ0v) is 19.0. The van der Waals surface area contributed by atoms with Crippen LogP contribution in [0.2, 0.25) is 0 Å². The average molecular weight is 458 g/mol. The van der Waals surface area contributed by atoms with E-state index in [2.05, 4.69) is 19.9 Å². The van der Waals surface area contributed by atoms with Crippen LogP contribution >= 0.6 is 0 Å². The molecule has 4 rings (SSSR count). The number of benzene rings is 1. The van der Waals surface area contributed by atoms with E-state index in [1.165, 1.54) is 0 Å². The van der Waals surface area contributed by atoms with Gasteiger partial charge < -0.3 is 14.4 Å². The Bertz CT molecular complexity index is 1160. The largest absolute Gasteiger partial charge is 0.481 e. The van der Waals surface area contributed by atoms with Crippen molar-refractivity contribution in [3.8, 4) is 5.88 Å². The summed E-state index contributed by atoms with van der Waals surface area (Å²) in [4.78, 5) is 15.4. The second kappa shape index (κ2) is 9.76. The first-order chi connectivity index (χ1) is 15.5. The van der Waals surface area contributed by atoms with Crippen LogP contribution in [-0.2, 0) is 14.8 Å². The molecule has 3 aromatic rings. The summed E-state index contributed by atoms with van der Waals surface area (Å²) >= 11 is 0. The van der Waals surface area contributed by atoms with Gasteiger partial charge in [-0.25, -0.2) is 13.4 Å². The Morgan fingerprint density at radius 3 is 2.59 bits per heavy atom. The molecule has 32 heavy (non-hydrogen) atoms. The van der Waals surface area contributed by atoms with Gasteiger partial charge in [0.25, 0.3) is 0 Å². The summed E-state index contributed by atoms with van der Waals surface area (Å²) in [6, 6.07) is 10.5. The molecule has 1 aromatic carbocycles. The van der Waals surface area contributed by atoms with Crippen LogP contribution in [0.15, 0.2) is 53.7 Å². The maximum Gasteiger partial charge on any atom is 0.245 e. The molecule has 1 fully saturated rings. The summed E-state index contributed by atoms with van der Waals surface area (Å²) in [5.41, 5.74) is 0.486. The molecule has 0 unspecified atom stereocenters. The fourth-order valence-electron chi connectivity index (χ4n) is 4.04. The molecule has 9 nitrogen and oxygen atoms in total. The predicted octanol–water partition coefficient (Wildman–Crippen LogP) is 2.34. The summed E-state index contributed by atoms with van der Waals surface area (Å²) in [7, 11) is -0.626. The second-order valence-electron chi connectivity index (χ2n) is 7.56. The monoisotopic (exact) mass is 457 g/mol. The Hall–Kier alpha value is -2.82. The number of anilines is 1. The van der Waals surface area contributed by atoms with E-state index in [-0.39, 0.29) is 17.5 Å². The summed E-state index contributed by atoms with van der Waals surface area (Å²) in [5, 5.41) is 0.797. The molecule has 0 saturated carbocycles. The zero-order valence-electron chi connectivity index (χ0n) is 18.2. The minimum absolute atomic E-state index is 0.157. The van der Waals surface area contributed by atoms with Crippen molar-refractivity contribution in [2.75, 3.05) is 45.4 Å². The van der Waals surface area contributed by atoms with E-state index < -0.39 is 10.0 Å². The number of pyridine rings is 1. The van der Waals surface area contributed by atoms with E-state index in [1.54, 1.807) is 55.2 Å². The molecule has 10 heteroatoms. The molecule has 1 aliphatic heterocycles. The van der Waals surface area contributed by atoms with E-state index >= 15 is 0 Å². The molecular formula is C22H27N5O4S. The number of ether oxygens (including phenoxy) is 2. The van der Waals surface area contributed by atoms with Crippen molar-refractivity contribution >= 4 is 26.9 Å². The highest BCUT2D eigenvalue weighted by Gasteiger charge is 2.35. The van der Waals surface area contributed by atoms with Crippen LogP contribution in [0.25, 0.3) is 10.9 Å². The zero-order chi connectivity index (χ0) is 22.6. The van der Waals surface area contributed by atoms with Crippen LogP contribution in [0.3, 0.4) is 0 Å². The van der Waals surface area contributed by atoms with Crippen molar-refractivity contribution in [1.82, 2.24) is 19.3 Å². The first kappa shape index (κ1) is 22.4. The summed E-state index contributed by atoms with van der Waals surface area (Å²) in [5.74, 6) is 1.09. The Morgan fingerprint density at radius 1 is 1.06 bits per heavy atom. The number of hydrogen-bond acceptors (Lipinski definition) is 8. The number of hydrogen-bond donors (Lipinski definition) is 0. The molecule has 0 aliphatic carbocycles. The van der Waals surface area contributed by atoms with Crippen LogP contribution in [0.4, 0.5) is 5.95 Å². The van der Waals surface area contributed by atoms with Gasteiger partial charge in [-0.05, 0) is 25.0 Å². The van der Waals surface area contributed by atoms with Crippen LogP contribution in [0.5, 0.6) is 5.88 Å². The van der Waals surface area contributed by atoms with E-state index in [4.69, 9.17) is 9.47 Å². The van der Waals surface area contributed by atoms with Crippen molar-refractivity contribution < 1.29 is 17.9 Å². The Kier molecular flexibility index (Phi) is 6.83. The van der Waals surface area contributed by atoms with Crippen molar-refractivity contribution in [1.29, 1.82) is 0 Å². The highest BCUT2D eigenvalue weighted by Crippen LogP contribution is 2.29. The molecule has 170 valence electrons. The fraction of sp³-hybridized carbons (Fsp3) is 0.409. The summed E-state index contributed by atoms with van der Waals surface area (Å²) in [6.07, 6.45) is 4.59. The number of para-hydroxylation sites is 1. The predicted molar refractivity (Wildman–Crippen MR) is 121 cm³/mol. The SMILES string of the molecule is COCCN(C1CCN(c2nccc(OC)n2)CC1)S(=O)(=O)c1cccc2cccnc12. The van der Waals surface area contributed by atoms with Crippen LogP contribution in [0.1, 0.15) is 12.8 Å². The lowest BCUT2D eigenvalue weighted by Crippen LogP contribution is -2.48. The fourth-order valence-corrected chi connectivity index (χ4v) is 5.88. The first-order valence-electron chi connectivity index (χ1n) is 10.5. The van der Waals surface area contributed by atoms with Gasteiger partial charge in [-0.3, -0.25) is 4.98 Å². The number of aromatic nitrogens is 3. The average Bonchev–Trinajstić information content (AvgIpc) is 2.84.